The Morgan fingerprint density at radius 1 is 0.926 bits per heavy atom. The molecule has 0 saturated heterocycles. The fourth-order valence-electron chi connectivity index (χ4n) is 3.43. The first kappa shape index (κ1) is 19.5. The molecule has 141 valence electrons. The average molecular weight is 381 g/mol. The lowest BCUT2D eigenvalue weighted by atomic mass is 9.83. The van der Waals surface area contributed by atoms with Crippen LogP contribution in [0.3, 0.4) is 0 Å². The van der Waals surface area contributed by atoms with Crippen LogP contribution in [-0.2, 0) is 11.0 Å². The smallest absolute Gasteiger partial charge is 0.261 e. The Hall–Kier alpha value is -2.24. The Bertz CT molecular complexity index is 835. The standard InChI is InChI=1S/C22H26NO3Si/c1-22(2,3)19(26-27(4)5)16-11-7-6-10-15(16)14-23-20(24)17-12-8-9-13-18(17)21(23)25/h6-13,19H,14H2,1-5H3. The quantitative estimate of drug-likeness (QED) is 0.551. The highest BCUT2D eigenvalue weighted by molar-refractivity contribution is 6.48. The first-order valence-electron chi connectivity index (χ1n) is 9.20. The minimum absolute atomic E-state index is 0.0900. The summed E-state index contributed by atoms with van der Waals surface area (Å²) < 4.78 is 6.33. The van der Waals surface area contributed by atoms with Gasteiger partial charge in [0.1, 0.15) is 0 Å². The molecule has 0 saturated carbocycles. The van der Waals surface area contributed by atoms with Gasteiger partial charge in [-0.15, -0.1) is 0 Å². The fourth-order valence-corrected chi connectivity index (χ4v) is 4.38. The summed E-state index contributed by atoms with van der Waals surface area (Å²) in [5.74, 6) is -0.455. The van der Waals surface area contributed by atoms with Crippen molar-refractivity contribution in [2.24, 2.45) is 5.41 Å². The lowest BCUT2D eigenvalue weighted by Gasteiger charge is -2.34. The van der Waals surface area contributed by atoms with Crippen LogP contribution in [0.5, 0.6) is 0 Å². The topological polar surface area (TPSA) is 46.6 Å². The van der Waals surface area contributed by atoms with Gasteiger partial charge in [-0.3, -0.25) is 14.5 Å². The number of fused-ring (bicyclic) bond motifs is 1. The third-order valence-electron chi connectivity index (χ3n) is 4.68. The van der Waals surface area contributed by atoms with Gasteiger partial charge in [0.25, 0.3) is 11.8 Å². The van der Waals surface area contributed by atoms with E-state index in [-0.39, 0.29) is 29.9 Å². The zero-order valence-corrected chi connectivity index (χ0v) is 17.6. The first-order valence-corrected chi connectivity index (χ1v) is 11.6. The SMILES string of the molecule is C[Si](C)OC(c1ccccc1CN1C(=O)c2ccccc2C1=O)C(C)(C)C. The summed E-state index contributed by atoms with van der Waals surface area (Å²) in [7, 11) is -0.918. The second kappa shape index (κ2) is 7.41. The Morgan fingerprint density at radius 2 is 1.44 bits per heavy atom. The minimum Gasteiger partial charge on any atom is -0.410 e. The molecule has 0 spiro atoms. The van der Waals surface area contributed by atoms with Crippen LogP contribution in [0.4, 0.5) is 0 Å². The zero-order valence-electron chi connectivity index (χ0n) is 16.6. The van der Waals surface area contributed by atoms with Gasteiger partial charge in [-0.05, 0) is 41.8 Å². The van der Waals surface area contributed by atoms with Gasteiger partial charge in [-0.25, -0.2) is 0 Å². The Morgan fingerprint density at radius 3 is 1.96 bits per heavy atom. The van der Waals surface area contributed by atoms with Crippen molar-refractivity contribution >= 4 is 20.9 Å². The molecule has 1 aliphatic rings. The van der Waals surface area contributed by atoms with Crippen LogP contribution in [-0.4, -0.2) is 25.8 Å². The number of nitrogens with zero attached hydrogens (tertiary/aromatic N) is 1. The molecular weight excluding hydrogens is 354 g/mol. The average Bonchev–Trinajstić information content (AvgIpc) is 2.85. The summed E-state index contributed by atoms with van der Waals surface area (Å²) in [5, 5.41) is 0. The van der Waals surface area contributed by atoms with Crippen molar-refractivity contribution < 1.29 is 14.0 Å². The molecule has 1 unspecified atom stereocenters. The molecule has 2 aromatic carbocycles. The predicted octanol–water partition coefficient (Wildman–Crippen LogP) is 4.84. The van der Waals surface area contributed by atoms with E-state index in [0.29, 0.717) is 11.1 Å². The number of hydrogen-bond acceptors (Lipinski definition) is 3. The maximum Gasteiger partial charge on any atom is 0.261 e. The van der Waals surface area contributed by atoms with Gasteiger partial charge in [0.2, 0.25) is 9.04 Å². The molecule has 0 bridgehead atoms. The number of imide groups is 1. The van der Waals surface area contributed by atoms with E-state index >= 15 is 0 Å². The molecule has 0 fully saturated rings. The van der Waals surface area contributed by atoms with Gasteiger partial charge < -0.3 is 4.43 Å². The molecule has 0 aromatic heterocycles. The molecule has 5 heteroatoms. The number of carbonyl (C=O) groups excluding carboxylic acids is 2. The van der Waals surface area contributed by atoms with E-state index in [1.54, 1.807) is 24.3 Å². The van der Waals surface area contributed by atoms with Crippen LogP contribution >= 0.6 is 0 Å². The van der Waals surface area contributed by atoms with Crippen molar-refractivity contribution in [3.8, 4) is 0 Å². The summed E-state index contributed by atoms with van der Waals surface area (Å²) in [4.78, 5) is 26.8. The van der Waals surface area contributed by atoms with Crippen LogP contribution in [0, 0.1) is 5.41 Å². The third-order valence-corrected chi connectivity index (χ3v) is 5.39. The Kier molecular flexibility index (Phi) is 5.35. The molecule has 1 heterocycles. The highest BCUT2D eigenvalue weighted by Gasteiger charge is 2.36. The van der Waals surface area contributed by atoms with E-state index in [0.717, 1.165) is 11.1 Å². The maximum absolute atomic E-state index is 12.7. The van der Waals surface area contributed by atoms with Crippen molar-refractivity contribution in [3.05, 3.63) is 70.8 Å². The molecule has 3 rings (SSSR count). The second-order valence-electron chi connectivity index (χ2n) is 8.21. The summed E-state index contributed by atoms with van der Waals surface area (Å²) in [6.07, 6.45) is -0.0900. The van der Waals surface area contributed by atoms with E-state index < -0.39 is 9.04 Å². The van der Waals surface area contributed by atoms with Crippen molar-refractivity contribution in [3.63, 3.8) is 0 Å². The number of hydrogen-bond donors (Lipinski definition) is 0. The normalized spacial score (nSPS) is 15.4. The molecule has 1 radical (unpaired) electrons. The molecule has 2 amide bonds. The van der Waals surface area contributed by atoms with Crippen molar-refractivity contribution in [2.45, 2.75) is 46.5 Å². The van der Waals surface area contributed by atoms with Crippen LogP contribution in [0.1, 0.15) is 58.7 Å². The van der Waals surface area contributed by atoms with Gasteiger partial charge >= 0.3 is 0 Å². The lowest BCUT2D eigenvalue weighted by Crippen LogP contribution is -2.31. The van der Waals surface area contributed by atoms with Gasteiger partial charge in [0.15, 0.2) is 0 Å². The molecule has 2 aromatic rings. The molecule has 0 N–H and O–H groups in total. The fraction of sp³-hybridized carbons (Fsp3) is 0.364. The van der Waals surface area contributed by atoms with Gasteiger partial charge in [-0.2, -0.15) is 0 Å². The number of benzene rings is 2. The van der Waals surface area contributed by atoms with E-state index in [9.17, 15) is 9.59 Å². The van der Waals surface area contributed by atoms with Gasteiger partial charge in [0, 0.05) is 0 Å². The monoisotopic (exact) mass is 380 g/mol. The molecular formula is C22H26NO3Si. The summed E-state index contributed by atoms with van der Waals surface area (Å²) in [6, 6.07) is 15.0. The molecule has 4 nitrogen and oxygen atoms in total. The number of amides is 2. The first-order chi connectivity index (χ1) is 12.7. The minimum atomic E-state index is -0.918. The third kappa shape index (κ3) is 3.89. The summed E-state index contributed by atoms with van der Waals surface area (Å²) >= 11 is 0. The maximum atomic E-state index is 12.7. The van der Waals surface area contributed by atoms with Crippen LogP contribution in [0.25, 0.3) is 0 Å². The summed E-state index contributed by atoms with van der Waals surface area (Å²) in [6.45, 7) is 11.0. The number of carbonyl (C=O) groups is 2. The molecule has 0 aliphatic carbocycles. The van der Waals surface area contributed by atoms with Crippen LogP contribution in [0.15, 0.2) is 48.5 Å². The lowest BCUT2D eigenvalue weighted by molar-refractivity contribution is 0.0632. The van der Waals surface area contributed by atoms with Crippen molar-refractivity contribution in [1.82, 2.24) is 4.90 Å². The van der Waals surface area contributed by atoms with E-state index in [2.05, 4.69) is 33.9 Å². The molecule has 1 atom stereocenters. The Balaban J connectivity index is 1.96. The highest BCUT2D eigenvalue weighted by atomic mass is 28.3. The van der Waals surface area contributed by atoms with Gasteiger partial charge in [0.05, 0.1) is 23.8 Å². The molecule has 27 heavy (non-hydrogen) atoms. The largest absolute Gasteiger partial charge is 0.410 e. The van der Waals surface area contributed by atoms with Crippen molar-refractivity contribution in [1.29, 1.82) is 0 Å². The van der Waals surface area contributed by atoms with E-state index in [1.807, 2.05) is 24.3 Å². The van der Waals surface area contributed by atoms with E-state index in [4.69, 9.17) is 4.43 Å². The second-order valence-corrected chi connectivity index (χ2v) is 10.3. The van der Waals surface area contributed by atoms with E-state index in [1.165, 1.54) is 4.90 Å². The number of rotatable bonds is 5. The van der Waals surface area contributed by atoms with Crippen LogP contribution < -0.4 is 0 Å². The zero-order chi connectivity index (χ0) is 19.8. The Labute approximate surface area is 162 Å². The van der Waals surface area contributed by atoms with Crippen LogP contribution in [0.2, 0.25) is 13.1 Å². The van der Waals surface area contributed by atoms with Gasteiger partial charge in [-0.1, -0.05) is 57.2 Å². The highest BCUT2D eigenvalue weighted by Crippen LogP contribution is 2.39. The van der Waals surface area contributed by atoms with Crippen molar-refractivity contribution in [2.75, 3.05) is 0 Å². The summed E-state index contributed by atoms with van der Waals surface area (Å²) in [5.41, 5.74) is 2.87. The predicted molar refractivity (Wildman–Crippen MR) is 108 cm³/mol. The molecule has 1 aliphatic heterocycles.